The van der Waals surface area contributed by atoms with Crippen LogP contribution in [-0.4, -0.2) is 64.8 Å². The van der Waals surface area contributed by atoms with Crippen molar-refractivity contribution in [3.63, 3.8) is 0 Å². The molecule has 6 nitrogen and oxygen atoms in total. The van der Waals surface area contributed by atoms with Crippen LogP contribution in [0.4, 0.5) is 4.79 Å². The summed E-state index contributed by atoms with van der Waals surface area (Å²) in [7, 11) is 0. The molecule has 1 N–H and O–H groups in total. The minimum Gasteiger partial charge on any atom is -0.479 e. The van der Waals surface area contributed by atoms with E-state index in [1.165, 1.54) is 0 Å². The number of likely N-dealkylation sites (N-methyl/N-ethyl adjacent to an activating group) is 1. The Morgan fingerprint density at radius 3 is 2.67 bits per heavy atom. The third-order valence-electron chi connectivity index (χ3n) is 4.80. The van der Waals surface area contributed by atoms with Gasteiger partial charge in [-0.3, -0.25) is 0 Å². The largest absolute Gasteiger partial charge is 0.479 e. The molecule has 2 aliphatic rings. The quantitative estimate of drug-likeness (QED) is 0.842. The molecule has 0 aromatic carbocycles. The van der Waals surface area contributed by atoms with E-state index in [-0.39, 0.29) is 12.1 Å². The lowest BCUT2D eigenvalue weighted by molar-refractivity contribution is -0.148. The van der Waals surface area contributed by atoms with Crippen molar-refractivity contribution in [3.05, 3.63) is 0 Å². The number of carbonyl (C=O) groups is 2. The normalized spacial score (nSPS) is 28.9. The number of hydrogen-bond acceptors (Lipinski definition) is 3. The highest BCUT2D eigenvalue weighted by molar-refractivity contribution is 5.87. The smallest absolute Gasteiger partial charge is 0.329 e. The number of nitrogens with zero attached hydrogens (tertiary/aromatic N) is 2. The molecule has 2 rings (SSSR count). The van der Waals surface area contributed by atoms with Crippen LogP contribution < -0.4 is 0 Å². The topological polar surface area (TPSA) is 70.1 Å². The Morgan fingerprint density at radius 2 is 2.14 bits per heavy atom. The van der Waals surface area contributed by atoms with Gasteiger partial charge in [0.2, 0.25) is 0 Å². The highest BCUT2D eigenvalue weighted by atomic mass is 16.5. The molecular formula is C15H26N2O4. The summed E-state index contributed by atoms with van der Waals surface area (Å²) in [4.78, 5) is 27.8. The van der Waals surface area contributed by atoms with Gasteiger partial charge in [0.05, 0.1) is 6.10 Å². The van der Waals surface area contributed by atoms with Gasteiger partial charge in [0, 0.05) is 26.2 Å². The van der Waals surface area contributed by atoms with Crippen LogP contribution in [0.1, 0.15) is 46.0 Å². The Kier molecular flexibility index (Phi) is 5.08. The molecule has 0 spiro atoms. The van der Waals surface area contributed by atoms with Gasteiger partial charge in [-0.05, 0) is 39.0 Å². The average molecular weight is 298 g/mol. The second-order valence-electron chi connectivity index (χ2n) is 5.90. The van der Waals surface area contributed by atoms with Gasteiger partial charge >= 0.3 is 12.0 Å². The molecule has 120 valence electrons. The predicted molar refractivity (Wildman–Crippen MR) is 78.2 cm³/mol. The zero-order chi connectivity index (χ0) is 15.5. The zero-order valence-electron chi connectivity index (χ0n) is 13.0. The molecule has 2 saturated heterocycles. The number of hydrogen-bond donors (Lipinski definition) is 1. The monoisotopic (exact) mass is 298 g/mol. The lowest BCUT2D eigenvalue weighted by atomic mass is 9.93. The summed E-state index contributed by atoms with van der Waals surface area (Å²) in [6, 6.07) is -0.158. The molecule has 0 aromatic rings. The Balaban J connectivity index is 2.10. The van der Waals surface area contributed by atoms with Gasteiger partial charge in [0.25, 0.3) is 0 Å². The standard InChI is InChI=1S/C15H26N2O4/c1-3-15(13(18)19)8-6-9-17(15)14(20)16(4-2)11-12-7-5-10-21-12/h12H,3-11H2,1-2H3,(H,18,19). The first-order valence-electron chi connectivity index (χ1n) is 7.96. The maximum absolute atomic E-state index is 12.8. The molecule has 0 radical (unpaired) electrons. The van der Waals surface area contributed by atoms with Crippen LogP contribution in [0.15, 0.2) is 0 Å². The molecule has 2 aliphatic heterocycles. The van der Waals surface area contributed by atoms with E-state index < -0.39 is 11.5 Å². The number of carboxylic acid groups (broad SMARTS) is 1. The number of likely N-dealkylation sites (tertiary alicyclic amines) is 1. The first kappa shape index (κ1) is 16.1. The lowest BCUT2D eigenvalue weighted by Crippen LogP contribution is -2.57. The van der Waals surface area contributed by atoms with Gasteiger partial charge < -0.3 is 19.6 Å². The van der Waals surface area contributed by atoms with Gasteiger partial charge in [-0.1, -0.05) is 6.92 Å². The fourth-order valence-electron chi connectivity index (χ4n) is 3.45. The minimum atomic E-state index is -1.03. The average Bonchev–Trinajstić information content (AvgIpc) is 3.13. The van der Waals surface area contributed by atoms with E-state index in [0.29, 0.717) is 32.5 Å². The number of aliphatic carboxylic acids is 1. The number of carboxylic acids is 1. The highest BCUT2D eigenvalue weighted by Gasteiger charge is 2.49. The van der Waals surface area contributed by atoms with E-state index in [4.69, 9.17) is 4.74 Å². The van der Waals surface area contributed by atoms with Crippen LogP contribution in [-0.2, 0) is 9.53 Å². The van der Waals surface area contributed by atoms with E-state index in [1.54, 1.807) is 9.80 Å². The van der Waals surface area contributed by atoms with Crippen LogP contribution in [0, 0.1) is 0 Å². The number of amides is 2. The van der Waals surface area contributed by atoms with E-state index in [2.05, 4.69) is 0 Å². The predicted octanol–water partition coefficient (Wildman–Crippen LogP) is 1.94. The van der Waals surface area contributed by atoms with E-state index >= 15 is 0 Å². The van der Waals surface area contributed by atoms with Crippen LogP contribution in [0.2, 0.25) is 0 Å². The fourth-order valence-corrected chi connectivity index (χ4v) is 3.45. The summed E-state index contributed by atoms with van der Waals surface area (Å²) < 4.78 is 5.60. The van der Waals surface area contributed by atoms with Crippen LogP contribution in [0.25, 0.3) is 0 Å². The Bertz CT molecular complexity index is 395. The molecular weight excluding hydrogens is 272 g/mol. The number of rotatable bonds is 5. The second kappa shape index (κ2) is 6.64. The van der Waals surface area contributed by atoms with Crippen molar-refractivity contribution in [2.75, 3.05) is 26.2 Å². The number of carbonyl (C=O) groups excluding carboxylic acids is 1. The van der Waals surface area contributed by atoms with Crippen molar-refractivity contribution in [1.29, 1.82) is 0 Å². The van der Waals surface area contributed by atoms with Crippen LogP contribution in [0.3, 0.4) is 0 Å². The molecule has 2 unspecified atom stereocenters. The second-order valence-corrected chi connectivity index (χ2v) is 5.90. The van der Waals surface area contributed by atoms with Gasteiger partial charge in [-0.25, -0.2) is 9.59 Å². The van der Waals surface area contributed by atoms with E-state index in [9.17, 15) is 14.7 Å². The summed E-state index contributed by atoms with van der Waals surface area (Å²) in [5.74, 6) is -0.885. The molecule has 21 heavy (non-hydrogen) atoms. The third-order valence-corrected chi connectivity index (χ3v) is 4.80. The Hall–Kier alpha value is -1.30. The molecule has 2 fully saturated rings. The summed E-state index contributed by atoms with van der Waals surface area (Å²) >= 11 is 0. The molecule has 6 heteroatoms. The molecule has 0 aliphatic carbocycles. The van der Waals surface area contributed by atoms with E-state index in [1.807, 2.05) is 13.8 Å². The number of ether oxygens (including phenoxy) is 1. The van der Waals surface area contributed by atoms with Crippen molar-refractivity contribution in [2.24, 2.45) is 0 Å². The molecule has 2 atom stereocenters. The Labute approximate surface area is 126 Å². The summed E-state index contributed by atoms with van der Waals surface area (Å²) in [6.45, 7) is 6.20. The molecule has 2 amide bonds. The molecule has 2 heterocycles. The van der Waals surface area contributed by atoms with Gasteiger partial charge in [0.15, 0.2) is 0 Å². The van der Waals surface area contributed by atoms with Gasteiger partial charge in [-0.2, -0.15) is 0 Å². The molecule has 0 aromatic heterocycles. The summed E-state index contributed by atoms with van der Waals surface area (Å²) in [5.41, 5.74) is -1.03. The highest BCUT2D eigenvalue weighted by Crippen LogP contribution is 2.33. The van der Waals surface area contributed by atoms with Crippen molar-refractivity contribution in [1.82, 2.24) is 9.80 Å². The van der Waals surface area contributed by atoms with Crippen LogP contribution >= 0.6 is 0 Å². The zero-order valence-corrected chi connectivity index (χ0v) is 13.0. The maximum atomic E-state index is 12.8. The first-order chi connectivity index (χ1) is 10.0. The van der Waals surface area contributed by atoms with Crippen molar-refractivity contribution in [2.45, 2.75) is 57.6 Å². The SMILES string of the molecule is CCN(CC1CCCO1)C(=O)N1CCCC1(CC)C(=O)O. The van der Waals surface area contributed by atoms with Crippen molar-refractivity contribution < 1.29 is 19.4 Å². The third kappa shape index (κ3) is 3.00. The van der Waals surface area contributed by atoms with Crippen LogP contribution in [0.5, 0.6) is 0 Å². The minimum absolute atomic E-state index is 0.0948. The fraction of sp³-hybridized carbons (Fsp3) is 0.867. The maximum Gasteiger partial charge on any atom is 0.329 e. The molecule has 0 bridgehead atoms. The van der Waals surface area contributed by atoms with Gasteiger partial charge in [0.1, 0.15) is 5.54 Å². The number of urea groups is 1. The lowest BCUT2D eigenvalue weighted by Gasteiger charge is -2.37. The first-order valence-corrected chi connectivity index (χ1v) is 7.96. The Morgan fingerprint density at radius 1 is 1.38 bits per heavy atom. The van der Waals surface area contributed by atoms with Gasteiger partial charge in [-0.15, -0.1) is 0 Å². The summed E-state index contributed by atoms with van der Waals surface area (Å²) in [6.07, 6.45) is 3.85. The van der Waals surface area contributed by atoms with Crippen molar-refractivity contribution in [3.8, 4) is 0 Å². The van der Waals surface area contributed by atoms with E-state index in [0.717, 1.165) is 25.9 Å². The van der Waals surface area contributed by atoms with Crippen molar-refractivity contribution >= 4 is 12.0 Å². The summed E-state index contributed by atoms with van der Waals surface area (Å²) in [5, 5.41) is 9.58. The molecule has 0 saturated carbocycles.